The summed E-state index contributed by atoms with van der Waals surface area (Å²) in [4.78, 5) is 9.06. The zero-order valence-corrected chi connectivity index (χ0v) is 11.8. The van der Waals surface area contributed by atoms with Crippen LogP contribution in [0.1, 0.15) is 25.3 Å². The lowest BCUT2D eigenvalue weighted by Gasteiger charge is -2.10. The molecule has 1 aliphatic carbocycles. The van der Waals surface area contributed by atoms with Gasteiger partial charge in [-0.1, -0.05) is 18.2 Å². The number of nitrogens with one attached hydrogen (secondary N) is 2. The number of aliphatic imine (C=N–C) groups is 1. The maximum Gasteiger partial charge on any atom is 0.191 e. The van der Waals surface area contributed by atoms with Gasteiger partial charge in [0.2, 0.25) is 0 Å². The Balaban J connectivity index is 1.80. The molecule has 0 spiro atoms. The predicted molar refractivity (Wildman–Crippen MR) is 82.7 cm³/mol. The maximum atomic E-state index is 4.68. The molecule has 2 aromatic rings. The van der Waals surface area contributed by atoms with E-state index in [1.807, 2.05) is 30.5 Å². The van der Waals surface area contributed by atoms with Crippen LogP contribution in [0.2, 0.25) is 0 Å². The Morgan fingerprint density at radius 3 is 2.95 bits per heavy atom. The Morgan fingerprint density at radius 1 is 1.30 bits per heavy atom. The molecule has 4 nitrogen and oxygen atoms in total. The first-order chi connectivity index (χ1) is 9.86. The molecule has 1 aromatic carbocycles. The number of aromatic nitrogens is 1. The number of guanidine groups is 1. The molecule has 0 radical (unpaired) electrons. The van der Waals surface area contributed by atoms with Gasteiger partial charge in [0, 0.05) is 24.2 Å². The molecule has 0 saturated heterocycles. The van der Waals surface area contributed by atoms with Gasteiger partial charge in [0.25, 0.3) is 0 Å². The van der Waals surface area contributed by atoms with Gasteiger partial charge in [-0.05, 0) is 37.5 Å². The number of fused-ring (bicyclic) bond motifs is 1. The SMILES string of the molecule is CCNC(=NCc1ccnc2ccccc12)NC1CC1. The second-order valence-electron chi connectivity index (χ2n) is 5.10. The predicted octanol–water partition coefficient (Wildman–Crippen LogP) is 2.45. The number of benzene rings is 1. The van der Waals surface area contributed by atoms with E-state index in [1.54, 1.807) is 0 Å². The van der Waals surface area contributed by atoms with Crippen LogP contribution in [0.5, 0.6) is 0 Å². The second kappa shape index (κ2) is 5.90. The zero-order valence-electron chi connectivity index (χ0n) is 11.8. The van der Waals surface area contributed by atoms with Crippen LogP contribution in [0.15, 0.2) is 41.5 Å². The van der Waals surface area contributed by atoms with E-state index < -0.39 is 0 Å². The molecular weight excluding hydrogens is 248 g/mol. The van der Waals surface area contributed by atoms with Crippen molar-refractivity contribution in [2.24, 2.45) is 4.99 Å². The number of hydrogen-bond donors (Lipinski definition) is 2. The highest BCUT2D eigenvalue weighted by Crippen LogP contribution is 2.19. The third-order valence-corrected chi connectivity index (χ3v) is 3.41. The van der Waals surface area contributed by atoms with Crippen molar-refractivity contribution in [1.29, 1.82) is 0 Å². The third kappa shape index (κ3) is 3.07. The quantitative estimate of drug-likeness (QED) is 0.661. The summed E-state index contributed by atoms with van der Waals surface area (Å²) in [5.74, 6) is 0.913. The zero-order chi connectivity index (χ0) is 13.8. The Hall–Kier alpha value is -2.10. The van der Waals surface area contributed by atoms with Crippen LogP contribution in [0, 0.1) is 0 Å². The number of rotatable bonds is 4. The molecule has 1 aliphatic rings. The van der Waals surface area contributed by atoms with Crippen LogP contribution >= 0.6 is 0 Å². The molecule has 3 rings (SSSR count). The lowest BCUT2D eigenvalue weighted by Crippen LogP contribution is -2.38. The first-order valence-electron chi connectivity index (χ1n) is 7.24. The Morgan fingerprint density at radius 2 is 2.15 bits per heavy atom. The van der Waals surface area contributed by atoms with Crippen LogP contribution in [-0.4, -0.2) is 23.5 Å². The molecule has 0 aliphatic heterocycles. The van der Waals surface area contributed by atoms with E-state index in [9.17, 15) is 0 Å². The van der Waals surface area contributed by atoms with Gasteiger partial charge in [-0.3, -0.25) is 4.98 Å². The molecule has 4 heteroatoms. The molecule has 104 valence electrons. The topological polar surface area (TPSA) is 49.3 Å². The third-order valence-electron chi connectivity index (χ3n) is 3.41. The van der Waals surface area contributed by atoms with E-state index >= 15 is 0 Å². The first-order valence-corrected chi connectivity index (χ1v) is 7.24. The summed E-state index contributed by atoms with van der Waals surface area (Å²) < 4.78 is 0. The molecule has 20 heavy (non-hydrogen) atoms. The van der Waals surface area contributed by atoms with Crippen molar-refractivity contribution in [3.8, 4) is 0 Å². The average molecular weight is 268 g/mol. The molecule has 0 atom stereocenters. The van der Waals surface area contributed by atoms with Gasteiger partial charge in [0.15, 0.2) is 5.96 Å². The molecule has 1 aromatic heterocycles. The second-order valence-corrected chi connectivity index (χ2v) is 5.10. The van der Waals surface area contributed by atoms with Gasteiger partial charge in [-0.25, -0.2) is 4.99 Å². The van der Waals surface area contributed by atoms with Crippen molar-refractivity contribution in [2.45, 2.75) is 32.4 Å². The van der Waals surface area contributed by atoms with Gasteiger partial charge in [-0.2, -0.15) is 0 Å². The van der Waals surface area contributed by atoms with Gasteiger partial charge in [0.05, 0.1) is 12.1 Å². The highest BCUT2D eigenvalue weighted by molar-refractivity contribution is 5.83. The smallest absolute Gasteiger partial charge is 0.191 e. The maximum absolute atomic E-state index is 4.68. The summed E-state index contributed by atoms with van der Waals surface area (Å²) in [5, 5.41) is 7.91. The number of hydrogen-bond acceptors (Lipinski definition) is 2. The highest BCUT2D eigenvalue weighted by Gasteiger charge is 2.22. The fourth-order valence-corrected chi connectivity index (χ4v) is 2.20. The normalized spacial score (nSPS) is 15.3. The standard InChI is InChI=1S/C16H20N4/c1-2-17-16(20-13-7-8-13)19-11-12-9-10-18-15-6-4-3-5-14(12)15/h3-6,9-10,13H,2,7-8,11H2,1H3,(H2,17,19,20). The summed E-state index contributed by atoms with van der Waals surface area (Å²) in [5.41, 5.74) is 2.24. The van der Waals surface area contributed by atoms with E-state index in [0.29, 0.717) is 12.6 Å². The summed E-state index contributed by atoms with van der Waals surface area (Å²) in [6, 6.07) is 10.9. The minimum Gasteiger partial charge on any atom is -0.357 e. The number of pyridine rings is 1. The first kappa shape index (κ1) is 12.9. The van der Waals surface area contributed by atoms with Crippen LogP contribution in [0.4, 0.5) is 0 Å². The van der Waals surface area contributed by atoms with Crippen LogP contribution in [0.25, 0.3) is 10.9 Å². The fraction of sp³-hybridized carbons (Fsp3) is 0.375. The fourth-order valence-electron chi connectivity index (χ4n) is 2.20. The van der Waals surface area contributed by atoms with E-state index in [4.69, 9.17) is 0 Å². The van der Waals surface area contributed by atoms with Crippen LogP contribution < -0.4 is 10.6 Å². The highest BCUT2D eigenvalue weighted by atomic mass is 15.2. The van der Waals surface area contributed by atoms with Crippen molar-refractivity contribution in [2.75, 3.05) is 6.54 Å². The largest absolute Gasteiger partial charge is 0.357 e. The van der Waals surface area contributed by atoms with E-state index in [-0.39, 0.29) is 0 Å². The lowest BCUT2D eigenvalue weighted by molar-refractivity contribution is 0.813. The van der Waals surface area contributed by atoms with Gasteiger partial charge >= 0.3 is 0 Å². The average Bonchev–Trinajstić information content (AvgIpc) is 3.29. The van der Waals surface area contributed by atoms with E-state index in [1.165, 1.54) is 23.8 Å². The molecule has 1 heterocycles. The molecule has 1 saturated carbocycles. The minimum atomic E-state index is 0.613. The molecule has 2 N–H and O–H groups in total. The molecule has 1 fully saturated rings. The molecule has 0 amide bonds. The van der Waals surface area contributed by atoms with Gasteiger partial charge < -0.3 is 10.6 Å². The van der Waals surface area contributed by atoms with Crippen molar-refractivity contribution >= 4 is 16.9 Å². The van der Waals surface area contributed by atoms with Gasteiger partial charge in [0.1, 0.15) is 0 Å². The van der Waals surface area contributed by atoms with E-state index in [2.05, 4.69) is 33.6 Å². The molecular formula is C16H20N4. The van der Waals surface area contributed by atoms with Crippen LogP contribution in [-0.2, 0) is 6.54 Å². The molecule has 0 bridgehead atoms. The van der Waals surface area contributed by atoms with Crippen molar-refractivity contribution in [3.05, 3.63) is 42.1 Å². The number of nitrogens with zero attached hydrogens (tertiary/aromatic N) is 2. The molecule has 0 unspecified atom stereocenters. The monoisotopic (exact) mass is 268 g/mol. The Labute approximate surface area is 119 Å². The number of para-hydroxylation sites is 1. The Kier molecular flexibility index (Phi) is 3.81. The van der Waals surface area contributed by atoms with Crippen molar-refractivity contribution < 1.29 is 0 Å². The summed E-state index contributed by atoms with van der Waals surface area (Å²) in [6.07, 6.45) is 4.36. The lowest BCUT2D eigenvalue weighted by atomic mass is 10.1. The van der Waals surface area contributed by atoms with Gasteiger partial charge in [-0.15, -0.1) is 0 Å². The van der Waals surface area contributed by atoms with E-state index in [0.717, 1.165) is 18.0 Å². The van der Waals surface area contributed by atoms with Crippen molar-refractivity contribution in [1.82, 2.24) is 15.6 Å². The summed E-state index contributed by atoms with van der Waals surface area (Å²) in [6.45, 7) is 3.65. The minimum absolute atomic E-state index is 0.613. The van der Waals surface area contributed by atoms with Crippen molar-refractivity contribution in [3.63, 3.8) is 0 Å². The summed E-state index contributed by atoms with van der Waals surface area (Å²) >= 11 is 0. The summed E-state index contributed by atoms with van der Waals surface area (Å²) in [7, 11) is 0. The van der Waals surface area contributed by atoms with Crippen LogP contribution in [0.3, 0.4) is 0 Å². The Bertz CT molecular complexity index is 611.